The van der Waals surface area contributed by atoms with Gasteiger partial charge in [0.1, 0.15) is 5.82 Å². The molecule has 0 amide bonds. The van der Waals surface area contributed by atoms with E-state index in [-0.39, 0.29) is 17.3 Å². The van der Waals surface area contributed by atoms with Crippen molar-refractivity contribution in [1.82, 2.24) is 9.97 Å². The molecule has 0 aliphatic carbocycles. The third kappa shape index (κ3) is 4.38. The van der Waals surface area contributed by atoms with Crippen molar-refractivity contribution in [3.8, 4) is 11.3 Å². The molecule has 0 atom stereocenters. The van der Waals surface area contributed by atoms with Gasteiger partial charge in [-0.25, -0.2) is 9.37 Å². The summed E-state index contributed by atoms with van der Waals surface area (Å²) in [6, 6.07) is 19.0. The molecule has 4 aromatic rings. The first kappa shape index (κ1) is 18.9. The molecule has 0 saturated heterocycles. The predicted molar refractivity (Wildman–Crippen MR) is 114 cm³/mol. The Bertz CT molecular complexity index is 1130. The number of fused-ring (bicyclic) bond motifs is 1. The first-order valence-electron chi connectivity index (χ1n) is 8.96. The highest BCUT2D eigenvalue weighted by atomic mass is 32.2. The molecule has 0 aliphatic rings. The lowest BCUT2D eigenvalue weighted by atomic mass is 10.1. The maximum atomic E-state index is 13.1. The van der Waals surface area contributed by atoms with E-state index in [9.17, 15) is 14.5 Å². The number of anilines is 1. The zero-order chi connectivity index (χ0) is 20.2. The number of halogens is 1. The van der Waals surface area contributed by atoms with Gasteiger partial charge in [0.2, 0.25) is 5.82 Å². The van der Waals surface area contributed by atoms with Crippen LogP contribution in [0.2, 0.25) is 0 Å². The second kappa shape index (κ2) is 8.32. The average molecular weight is 408 g/mol. The smallest absolute Gasteiger partial charge is 0.311 e. The zero-order valence-corrected chi connectivity index (χ0v) is 16.1. The molecular formula is C21H17FN4O2S. The van der Waals surface area contributed by atoms with Crippen molar-refractivity contribution in [2.45, 2.75) is 5.03 Å². The average Bonchev–Trinajstić information content (AvgIpc) is 3.14. The largest absolute Gasteiger partial charge is 0.363 e. The molecule has 0 unspecified atom stereocenters. The molecule has 0 saturated carbocycles. The van der Waals surface area contributed by atoms with Gasteiger partial charge in [0.05, 0.1) is 15.6 Å². The van der Waals surface area contributed by atoms with E-state index >= 15 is 0 Å². The quantitative estimate of drug-likeness (QED) is 0.183. The van der Waals surface area contributed by atoms with E-state index in [1.165, 1.54) is 18.2 Å². The molecule has 0 fully saturated rings. The van der Waals surface area contributed by atoms with Crippen LogP contribution in [-0.2, 0) is 0 Å². The minimum absolute atomic E-state index is 0.0912. The predicted octanol–water partition coefficient (Wildman–Crippen LogP) is 5.48. The van der Waals surface area contributed by atoms with Crippen molar-refractivity contribution in [2.75, 3.05) is 17.6 Å². The van der Waals surface area contributed by atoms with E-state index in [0.29, 0.717) is 23.6 Å². The minimum Gasteiger partial charge on any atom is -0.363 e. The highest BCUT2D eigenvalue weighted by molar-refractivity contribution is 7.99. The summed E-state index contributed by atoms with van der Waals surface area (Å²) in [5, 5.41) is 16.6. The number of nitrogens with zero attached hydrogens (tertiary/aromatic N) is 2. The second-order valence-corrected chi connectivity index (χ2v) is 7.46. The Morgan fingerprint density at radius 2 is 1.90 bits per heavy atom. The topological polar surface area (TPSA) is 83.8 Å². The molecule has 6 nitrogen and oxygen atoms in total. The number of rotatable bonds is 7. The minimum atomic E-state index is -0.464. The fourth-order valence-corrected chi connectivity index (χ4v) is 3.78. The Kier molecular flexibility index (Phi) is 5.44. The third-order valence-electron chi connectivity index (χ3n) is 4.37. The van der Waals surface area contributed by atoms with E-state index in [1.54, 1.807) is 30.0 Å². The van der Waals surface area contributed by atoms with E-state index in [1.807, 2.05) is 24.3 Å². The molecule has 146 valence electrons. The SMILES string of the molecule is O=[N+]([O-])c1ccc(-c2ccc(F)cc2)nc1NCCSc1cc2ccccc2[nH]1. The van der Waals surface area contributed by atoms with Crippen LogP contribution in [0.1, 0.15) is 0 Å². The highest BCUT2D eigenvalue weighted by Gasteiger charge is 2.16. The van der Waals surface area contributed by atoms with Crippen LogP contribution in [-0.4, -0.2) is 27.2 Å². The summed E-state index contributed by atoms with van der Waals surface area (Å²) in [5.74, 6) is 0.559. The third-order valence-corrected chi connectivity index (χ3v) is 5.31. The maximum Gasteiger partial charge on any atom is 0.311 e. The van der Waals surface area contributed by atoms with E-state index in [2.05, 4.69) is 21.4 Å². The summed E-state index contributed by atoms with van der Waals surface area (Å²) in [7, 11) is 0. The van der Waals surface area contributed by atoms with Crippen molar-refractivity contribution in [1.29, 1.82) is 0 Å². The van der Waals surface area contributed by atoms with Gasteiger partial charge >= 0.3 is 5.69 Å². The second-order valence-electron chi connectivity index (χ2n) is 6.32. The number of aromatic nitrogens is 2. The van der Waals surface area contributed by atoms with Gasteiger partial charge in [-0.2, -0.15) is 0 Å². The first-order valence-corrected chi connectivity index (χ1v) is 9.94. The van der Waals surface area contributed by atoms with Gasteiger partial charge in [-0.1, -0.05) is 18.2 Å². The number of hydrogen-bond acceptors (Lipinski definition) is 5. The molecule has 2 aromatic carbocycles. The number of benzene rings is 2. The number of thioether (sulfide) groups is 1. The molecule has 2 heterocycles. The standard InChI is InChI=1S/C21H17FN4O2S/c22-16-7-5-14(6-8-16)18-9-10-19(26(27)28)21(25-18)23-11-12-29-20-13-15-3-1-2-4-17(15)24-20/h1-10,13,24H,11-12H2,(H,23,25). The summed E-state index contributed by atoms with van der Waals surface area (Å²) >= 11 is 1.62. The van der Waals surface area contributed by atoms with Crippen molar-refractivity contribution in [2.24, 2.45) is 0 Å². The number of nitrogens with one attached hydrogen (secondary N) is 2. The van der Waals surface area contributed by atoms with Gasteiger partial charge in [-0.15, -0.1) is 11.8 Å². The van der Waals surface area contributed by atoms with Gasteiger partial charge < -0.3 is 10.3 Å². The van der Waals surface area contributed by atoms with Crippen LogP contribution in [0.5, 0.6) is 0 Å². The summed E-state index contributed by atoms with van der Waals surface area (Å²) < 4.78 is 13.1. The van der Waals surface area contributed by atoms with Crippen molar-refractivity contribution < 1.29 is 9.31 Å². The van der Waals surface area contributed by atoms with E-state index in [4.69, 9.17) is 0 Å². The van der Waals surface area contributed by atoms with Crippen molar-refractivity contribution in [3.63, 3.8) is 0 Å². The number of aromatic amines is 1. The fourth-order valence-electron chi connectivity index (χ4n) is 2.97. The van der Waals surface area contributed by atoms with Gasteiger partial charge in [-0.05, 0) is 42.5 Å². The maximum absolute atomic E-state index is 13.1. The lowest BCUT2D eigenvalue weighted by Crippen LogP contribution is -2.08. The van der Waals surface area contributed by atoms with E-state index < -0.39 is 4.92 Å². The molecule has 8 heteroatoms. The van der Waals surface area contributed by atoms with Crippen LogP contribution in [0.15, 0.2) is 71.8 Å². The number of hydrogen-bond donors (Lipinski definition) is 2. The number of nitro groups is 1. The summed E-state index contributed by atoms with van der Waals surface area (Å²) in [4.78, 5) is 18.6. The van der Waals surface area contributed by atoms with Gasteiger partial charge in [0, 0.05) is 34.8 Å². The first-order chi connectivity index (χ1) is 14.1. The number of para-hydroxylation sites is 1. The molecule has 2 aromatic heterocycles. The van der Waals surface area contributed by atoms with E-state index in [0.717, 1.165) is 15.9 Å². The van der Waals surface area contributed by atoms with Crippen LogP contribution in [0, 0.1) is 15.9 Å². The number of pyridine rings is 1. The van der Waals surface area contributed by atoms with Crippen molar-refractivity contribution in [3.05, 3.63) is 82.7 Å². The van der Waals surface area contributed by atoms with Crippen LogP contribution in [0.25, 0.3) is 22.2 Å². The van der Waals surface area contributed by atoms with Crippen LogP contribution < -0.4 is 5.32 Å². The monoisotopic (exact) mass is 408 g/mol. The van der Waals surface area contributed by atoms with Crippen LogP contribution >= 0.6 is 11.8 Å². The molecule has 4 rings (SSSR count). The molecule has 0 radical (unpaired) electrons. The summed E-state index contributed by atoms with van der Waals surface area (Å²) in [6.45, 7) is 0.501. The molecular weight excluding hydrogens is 391 g/mol. The normalized spacial score (nSPS) is 10.9. The number of H-pyrrole nitrogens is 1. The molecule has 0 bridgehead atoms. The Balaban J connectivity index is 1.45. The van der Waals surface area contributed by atoms with Gasteiger partial charge in [-0.3, -0.25) is 10.1 Å². The van der Waals surface area contributed by atoms with Gasteiger partial charge in [0.25, 0.3) is 0 Å². The van der Waals surface area contributed by atoms with Crippen LogP contribution in [0.3, 0.4) is 0 Å². The molecule has 2 N–H and O–H groups in total. The lowest BCUT2D eigenvalue weighted by Gasteiger charge is -2.08. The van der Waals surface area contributed by atoms with Crippen molar-refractivity contribution >= 4 is 34.2 Å². The zero-order valence-electron chi connectivity index (χ0n) is 15.3. The Morgan fingerprint density at radius 3 is 2.66 bits per heavy atom. The summed E-state index contributed by atoms with van der Waals surface area (Å²) in [6.07, 6.45) is 0. The van der Waals surface area contributed by atoms with Crippen LogP contribution in [0.4, 0.5) is 15.9 Å². The fraction of sp³-hybridized carbons (Fsp3) is 0.0952. The molecule has 0 spiro atoms. The molecule has 0 aliphatic heterocycles. The highest BCUT2D eigenvalue weighted by Crippen LogP contribution is 2.28. The lowest BCUT2D eigenvalue weighted by molar-refractivity contribution is -0.384. The Hall–Kier alpha value is -3.39. The summed E-state index contributed by atoms with van der Waals surface area (Å²) in [5.41, 5.74) is 2.22. The molecule has 29 heavy (non-hydrogen) atoms. The Labute approximate surface area is 170 Å². The van der Waals surface area contributed by atoms with Gasteiger partial charge in [0.15, 0.2) is 0 Å². The Morgan fingerprint density at radius 1 is 1.10 bits per heavy atom.